The molecule has 0 saturated heterocycles. The number of hydrogen-bond acceptors (Lipinski definition) is 5. The molecule has 4 aromatic rings. The van der Waals surface area contributed by atoms with Gasteiger partial charge < -0.3 is 9.73 Å². The van der Waals surface area contributed by atoms with Crippen LogP contribution in [0.2, 0.25) is 5.02 Å². The summed E-state index contributed by atoms with van der Waals surface area (Å²) >= 11 is 7.39. The van der Waals surface area contributed by atoms with Gasteiger partial charge in [-0.2, -0.15) is 0 Å². The van der Waals surface area contributed by atoms with Crippen LogP contribution in [-0.2, 0) is 17.6 Å². The predicted molar refractivity (Wildman–Crippen MR) is 115 cm³/mol. The number of nitrogens with zero attached hydrogens (tertiary/aromatic N) is 2. The molecule has 5 nitrogen and oxygen atoms in total. The maximum Gasteiger partial charge on any atom is 0.226 e. The number of nitrogens with one attached hydrogen (secondary N) is 1. The first-order valence-electron chi connectivity index (χ1n) is 9.15. The largest absolute Gasteiger partial charge is 0.441 e. The van der Waals surface area contributed by atoms with Crippen molar-refractivity contribution in [3.05, 3.63) is 88.3 Å². The Labute approximate surface area is 177 Å². The summed E-state index contributed by atoms with van der Waals surface area (Å²) in [4.78, 5) is 21.9. The van der Waals surface area contributed by atoms with Crippen molar-refractivity contribution in [3.8, 4) is 11.3 Å². The van der Waals surface area contributed by atoms with Gasteiger partial charge in [0, 0.05) is 40.9 Å². The van der Waals surface area contributed by atoms with Crippen molar-refractivity contribution in [3.63, 3.8) is 0 Å². The van der Waals surface area contributed by atoms with E-state index in [-0.39, 0.29) is 12.3 Å². The molecular formula is C22H18ClN3O2S. The average Bonchev–Trinajstić information content (AvgIpc) is 3.37. The highest BCUT2D eigenvalue weighted by molar-refractivity contribution is 7.15. The summed E-state index contributed by atoms with van der Waals surface area (Å²) in [6.45, 7) is 0. The highest BCUT2D eigenvalue weighted by Crippen LogP contribution is 2.23. The van der Waals surface area contributed by atoms with Gasteiger partial charge in [0.1, 0.15) is 0 Å². The van der Waals surface area contributed by atoms with Crippen LogP contribution in [0.5, 0.6) is 0 Å². The predicted octanol–water partition coefficient (Wildman–Crippen LogP) is 5.61. The molecule has 2 heterocycles. The Morgan fingerprint density at radius 3 is 2.62 bits per heavy atom. The van der Waals surface area contributed by atoms with Crippen LogP contribution >= 0.6 is 22.9 Å². The first-order chi connectivity index (χ1) is 14.2. The van der Waals surface area contributed by atoms with Gasteiger partial charge in [-0.15, -0.1) is 11.3 Å². The standard InChI is InChI=1S/C22H18ClN3O2S/c23-17-8-6-16(7-9-17)19-14-24-21(28-19)11-10-20(27)26-22-25-13-18(29-22)12-15-4-2-1-3-5-15/h1-9,13-14H,10-12H2,(H,25,26,27). The van der Waals surface area contributed by atoms with Gasteiger partial charge in [0.15, 0.2) is 16.8 Å². The van der Waals surface area contributed by atoms with E-state index in [4.69, 9.17) is 16.0 Å². The van der Waals surface area contributed by atoms with Crippen LogP contribution in [0.15, 0.2) is 71.4 Å². The molecule has 146 valence electrons. The second-order valence-electron chi connectivity index (χ2n) is 6.47. The third-order valence-corrected chi connectivity index (χ3v) is 5.43. The molecule has 0 spiro atoms. The molecule has 29 heavy (non-hydrogen) atoms. The minimum Gasteiger partial charge on any atom is -0.441 e. The Kier molecular flexibility index (Phi) is 6.03. The fourth-order valence-corrected chi connectivity index (χ4v) is 3.81. The zero-order valence-corrected chi connectivity index (χ0v) is 17.0. The van der Waals surface area contributed by atoms with Crippen molar-refractivity contribution >= 4 is 34.0 Å². The van der Waals surface area contributed by atoms with Crippen LogP contribution < -0.4 is 5.32 Å². The number of amides is 1. The first kappa shape index (κ1) is 19.4. The molecule has 1 N–H and O–H groups in total. The smallest absolute Gasteiger partial charge is 0.226 e. The number of carbonyl (C=O) groups excluding carboxylic acids is 1. The SMILES string of the molecule is O=C(CCc1ncc(-c2ccc(Cl)cc2)o1)Nc1ncc(Cc2ccccc2)s1. The monoisotopic (exact) mass is 423 g/mol. The van der Waals surface area contributed by atoms with Gasteiger partial charge in [-0.05, 0) is 29.8 Å². The summed E-state index contributed by atoms with van der Waals surface area (Å²) in [5.41, 5.74) is 2.11. The lowest BCUT2D eigenvalue weighted by molar-refractivity contribution is -0.116. The maximum absolute atomic E-state index is 12.2. The minimum atomic E-state index is -0.114. The van der Waals surface area contributed by atoms with Crippen LogP contribution in [0.1, 0.15) is 22.8 Å². The highest BCUT2D eigenvalue weighted by atomic mass is 35.5. The molecule has 1 amide bonds. The minimum absolute atomic E-state index is 0.114. The number of thiazole rings is 1. The first-order valence-corrected chi connectivity index (χ1v) is 10.3. The van der Waals surface area contributed by atoms with Gasteiger partial charge in [0.05, 0.1) is 6.20 Å². The summed E-state index contributed by atoms with van der Waals surface area (Å²) < 4.78 is 5.73. The van der Waals surface area contributed by atoms with Crippen LogP contribution in [-0.4, -0.2) is 15.9 Å². The summed E-state index contributed by atoms with van der Waals surface area (Å²) in [5, 5.41) is 4.12. The van der Waals surface area contributed by atoms with Crippen molar-refractivity contribution in [1.82, 2.24) is 9.97 Å². The average molecular weight is 424 g/mol. The van der Waals surface area contributed by atoms with E-state index in [9.17, 15) is 4.79 Å². The second-order valence-corrected chi connectivity index (χ2v) is 8.02. The summed E-state index contributed by atoms with van der Waals surface area (Å²) in [6.07, 6.45) is 4.96. The molecule has 2 aromatic carbocycles. The van der Waals surface area contributed by atoms with Gasteiger partial charge in [-0.25, -0.2) is 9.97 Å². The molecule has 0 atom stereocenters. The number of carbonyl (C=O) groups is 1. The number of rotatable bonds is 7. The lowest BCUT2D eigenvalue weighted by atomic mass is 10.1. The lowest BCUT2D eigenvalue weighted by Gasteiger charge is -2.00. The van der Waals surface area contributed by atoms with Crippen LogP contribution in [0.25, 0.3) is 11.3 Å². The molecule has 4 rings (SSSR count). The molecule has 7 heteroatoms. The van der Waals surface area contributed by atoms with Crippen LogP contribution in [0, 0.1) is 0 Å². The summed E-state index contributed by atoms with van der Waals surface area (Å²) in [6, 6.07) is 17.5. The number of hydrogen-bond donors (Lipinski definition) is 1. The van der Waals surface area contributed by atoms with Crippen molar-refractivity contribution in [2.24, 2.45) is 0 Å². The number of aryl methyl sites for hydroxylation is 1. The fourth-order valence-electron chi connectivity index (χ4n) is 2.82. The lowest BCUT2D eigenvalue weighted by Crippen LogP contribution is -2.12. The van der Waals surface area contributed by atoms with Crippen molar-refractivity contribution < 1.29 is 9.21 Å². The quantitative estimate of drug-likeness (QED) is 0.419. The molecular weight excluding hydrogens is 406 g/mol. The van der Waals surface area contributed by atoms with Crippen molar-refractivity contribution in [1.29, 1.82) is 0 Å². The van der Waals surface area contributed by atoms with E-state index in [0.29, 0.717) is 28.2 Å². The maximum atomic E-state index is 12.2. The Morgan fingerprint density at radius 2 is 1.83 bits per heavy atom. The normalized spacial score (nSPS) is 10.8. The fraction of sp³-hybridized carbons (Fsp3) is 0.136. The van der Waals surface area contributed by atoms with Gasteiger partial charge in [-0.1, -0.05) is 41.9 Å². The Morgan fingerprint density at radius 1 is 1.03 bits per heavy atom. The van der Waals surface area contributed by atoms with E-state index >= 15 is 0 Å². The van der Waals surface area contributed by atoms with E-state index in [1.807, 2.05) is 30.3 Å². The molecule has 0 aliphatic carbocycles. The van der Waals surface area contributed by atoms with E-state index in [0.717, 1.165) is 16.9 Å². The number of aromatic nitrogens is 2. The molecule has 2 aromatic heterocycles. The zero-order valence-electron chi connectivity index (χ0n) is 15.5. The van der Waals surface area contributed by atoms with Gasteiger partial charge in [-0.3, -0.25) is 4.79 Å². The highest BCUT2D eigenvalue weighted by Gasteiger charge is 2.11. The Hall–Kier alpha value is -2.96. The second kappa shape index (κ2) is 9.03. The number of benzene rings is 2. The molecule has 0 fully saturated rings. The number of halogens is 1. The summed E-state index contributed by atoms with van der Waals surface area (Å²) in [5.74, 6) is 1.06. The van der Waals surface area contributed by atoms with Crippen LogP contribution in [0.4, 0.5) is 5.13 Å². The summed E-state index contributed by atoms with van der Waals surface area (Å²) in [7, 11) is 0. The molecule has 0 aliphatic heterocycles. The molecule has 0 aliphatic rings. The molecule has 0 unspecified atom stereocenters. The third-order valence-electron chi connectivity index (χ3n) is 4.27. The third kappa shape index (κ3) is 5.31. The van der Waals surface area contributed by atoms with Gasteiger partial charge in [0.2, 0.25) is 5.91 Å². The van der Waals surface area contributed by atoms with E-state index in [1.165, 1.54) is 16.9 Å². The van der Waals surface area contributed by atoms with Crippen molar-refractivity contribution in [2.75, 3.05) is 5.32 Å². The van der Waals surface area contributed by atoms with Gasteiger partial charge in [0.25, 0.3) is 0 Å². The molecule has 0 radical (unpaired) electrons. The van der Waals surface area contributed by atoms with Crippen molar-refractivity contribution in [2.45, 2.75) is 19.3 Å². The van der Waals surface area contributed by atoms with E-state index in [2.05, 4.69) is 27.4 Å². The van der Waals surface area contributed by atoms with E-state index in [1.54, 1.807) is 24.5 Å². The number of anilines is 1. The Bertz CT molecular complexity index is 1090. The number of oxazole rings is 1. The molecule has 0 bridgehead atoms. The topological polar surface area (TPSA) is 68.0 Å². The molecule has 0 saturated carbocycles. The zero-order chi connectivity index (χ0) is 20.1. The van der Waals surface area contributed by atoms with Crippen LogP contribution in [0.3, 0.4) is 0 Å². The van der Waals surface area contributed by atoms with Gasteiger partial charge >= 0.3 is 0 Å². The Balaban J connectivity index is 1.29. The van der Waals surface area contributed by atoms with E-state index < -0.39 is 0 Å².